The zero-order valence-corrected chi connectivity index (χ0v) is 9.46. The second-order valence-corrected chi connectivity index (χ2v) is 3.46. The largest absolute Gasteiger partial charge is 0.494 e. The highest BCUT2D eigenvalue weighted by molar-refractivity contribution is 5.76. The number of nitrogens with one attached hydrogen (secondary N) is 1. The van der Waals surface area contributed by atoms with Crippen molar-refractivity contribution >= 4 is 5.97 Å². The maximum absolute atomic E-state index is 13.6. The minimum absolute atomic E-state index is 0.0119. The van der Waals surface area contributed by atoms with Crippen LogP contribution in [-0.4, -0.2) is 31.8 Å². The first-order valence-electron chi connectivity index (χ1n) is 4.91. The Hall–Kier alpha value is -1.69. The molecular weight excluding hydrogens is 232 g/mol. The summed E-state index contributed by atoms with van der Waals surface area (Å²) in [6.07, 6.45) is 0. The maximum Gasteiger partial charge on any atom is 0.312 e. The van der Waals surface area contributed by atoms with Crippen molar-refractivity contribution in [1.82, 2.24) is 5.32 Å². The second-order valence-electron chi connectivity index (χ2n) is 3.46. The molecule has 0 saturated heterocycles. The van der Waals surface area contributed by atoms with Gasteiger partial charge in [0.2, 0.25) is 0 Å². The van der Waals surface area contributed by atoms with Crippen molar-refractivity contribution in [3.05, 3.63) is 29.3 Å². The lowest BCUT2D eigenvalue weighted by atomic mass is 9.98. The number of hydrogen-bond acceptors (Lipinski definition) is 3. The number of methoxy groups -OCH3 is 1. The van der Waals surface area contributed by atoms with Crippen LogP contribution in [0.2, 0.25) is 0 Å². The lowest BCUT2D eigenvalue weighted by molar-refractivity contribution is -0.138. The van der Waals surface area contributed by atoms with Gasteiger partial charge in [0, 0.05) is 18.2 Å². The number of hydrogen-bond donors (Lipinski definition) is 2. The summed E-state index contributed by atoms with van der Waals surface area (Å²) in [5.41, 5.74) is -0.204. The average Bonchev–Trinajstić information content (AvgIpc) is 2.28. The Labute approximate surface area is 97.2 Å². The molecule has 0 aliphatic heterocycles. The second kappa shape index (κ2) is 5.58. The average molecular weight is 245 g/mol. The van der Waals surface area contributed by atoms with E-state index in [9.17, 15) is 13.6 Å². The molecule has 1 aromatic carbocycles. The third-order valence-corrected chi connectivity index (χ3v) is 2.35. The molecule has 1 aromatic rings. The van der Waals surface area contributed by atoms with E-state index in [1.54, 1.807) is 0 Å². The van der Waals surface area contributed by atoms with Gasteiger partial charge in [0.1, 0.15) is 5.82 Å². The summed E-state index contributed by atoms with van der Waals surface area (Å²) in [7, 11) is 2.74. The van der Waals surface area contributed by atoms with Crippen molar-refractivity contribution in [3.63, 3.8) is 0 Å². The van der Waals surface area contributed by atoms with Crippen LogP contribution in [0.5, 0.6) is 5.75 Å². The number of likely N-dealkylation sites (N-methyl/N-ethyl adjacent to an activating group) is 1. The van der Waals surface area contributed by atoms with Crippen molar-refractivity contribution < 1.29 is 23.4 Å². The van der Waals surface area contributed by atoms with Crippen molar-refractivity contribution in [2.75, 3.05) is 20.7 Å². The number of ether oxygens (including phenoxy) is 1. The molecule has 94 valence electrons. The van der Waals surface area contributed by atoms with Gasteiger partial charge in [0.05, 0.1) is 13.0 Å². The number of carboxylic acids is 1. The van der Waals surface area contributed by atoms with Crippen LogP contribution in [-0.2, 0) is 4.79 Å². The molecule has 2 N–H and O–H groups in total. The van der Waals surface area contributed by atoms with E-state index in [-0.39, 0.29) is 17.9 Å². The van der Waals surface area contributed by atoms with Crippen LogP contribution in [0.4, 0.5) is 8.78 Å². The van der Waals surface area contributed by atoms with E-state index < -0.39 is 23.5 Å². The van der Waals surface area contributed by atoms with E-state index in [1.165, 1.54) is 14.2 Å². The number of carboxylic acid groups (broad SMARTS) is 1. The number of rotatable bonds is 5. The van der Waals surface area contributed by atoms with Gasteiger partial charge in [-0.3, -0.25) is 4.79 Å². The number of benzene rings is 1. The minimum atomic E-state index is -1.22. The van der Waals surface area contributed by atoms with E-state index in [4.69, 9.17) is 5.11 Å². The van der Waals surface area contributed by atoms with Crippen LogP contribution in [0.15, 0.2) is 12.1 Å². The standard InChI is InChI=1S/C11H13F2NO3/c1-14-5-7(11(15)16)6-3-9(13)10(17-2)4-8(6)12/h3-4,7,14H,5H2,1-2H3,(H,15,16). The molecule has 0 fully saturated rings. The van der Waals surface area contributed by atoms with Crippen LogP contribution in [0, 0.1) is 11.6 Å². The molecule has 17 heavy (non-hydrogen) atoms. The molecule has 0 aliphatic rings. The zero-order valence-electron chi connectivity index (χ0n) is 9.46. The lowest BCUT2D eigenvalue weighted by Crippen LogP contribution is -2.25. The molecule has 0 radical (unpaired) electrons. The predicted molar refractivity (Wildman–Crippen MR) is 57.2 cm³/mol. The summed E-state index contributed by atoms with van der Waals surface area (Å²) in [4.78, 5) is 10.9. The van der Waals surface area contributed by atoms with Gasteiger partial charge in [-0.15, -0.1) is 0 Å². The van der Waals surface area contributed by atoms with E-state index >= 15 is 0 Å². The van der Waals surface area contributed by atoms with Crippen LogP contribution in [0.1, 0.15) is 11.5 Å². The minimum Gasteiger partial charge on any atom is -0.494 e. The lowest BCUT2D eigenvalue weighted by Gasteiger charge is -2.14. The first-order valence-corrected chi connectivity index (χ1v) is 4.91. The molecule has 0 heterocycles. The predicted octanol–water partition coefficient (Wildman–Crippen LogP) is 1.36. The zero-order chi connectivity index (χ0) is 13.0. The molecule has 6 heteroatoms. The van der Waals surface area contributed by atoms with Crippen LogP contribution < -0.4 is 10.1 Å². The number of carbonyl (C=O) groups is 1. The summed E-state index contributed by atoms with van der Waals surface area (Å²) < 4.78 is 31.6. The molecular formula is C11H13F2NO3. The van der Waals surface area contributed by atoms with E-state index in [2.05, 4.69) is 10.1 Å². The summed E-state index contributed by atoms with van der Waals surface area (Å²) in [5.74, 6) is -4.19. The Morgan fingerprint density at radius 2 is 2.12 bits per heavy atom. The molecule has 1 unspecified atom stereocenters. The fourth-order valence-electron chi connectivity index (χ4n) is 1.50. The van der Waals surface area contributed by atoms with Gasteiger partial charge in [-0.2, -0.15) is 0 Å². The monoisotopic (exact) mass is 245 g/mol. The Morgan fingerprint density at radius 3 is 2.59 bits per heavy atom. The SMILES string of the molecule is CNCC(C(=O)O)c1cc(F)c(OC)cc1F. The molecule has 1 atom stereocenters. The van der Waals surface area contributed by atoms with Gasteiger partial charge in [-0.25, -0.2) is 8.78 Å². The number of aliphatic carboxylic acids is 1. The molecule has 0 saturated carbocycles. The fourth-order valence-corrected chi connectivity index (χ4v) is 1.50. The Morgan fingerprint density at radius 1 is 1.47 bits per heavy atom. The Balaban J connectivity index is 3.20. The van der Waals surface area contributed by atoms with E-state index in [0.717, 1.165) is 12.1 Å². The maximum atomic E-state index is 13.6. The molecule has 0 aromatic heterocycles. The van der Waals surface area contributed by atoms with Gasteiger partial charge >= 0.3 is 5.97 Å². The third-order valence-electron chi connectivity index (χ3n) is 2.35. The smallest absolute Gasteiger partial charge is 0.312 e. The van der Waals surface area contributed by atoms with Gasteiger partial charge in [-0.1, -0.05) is 0 Å². The van der Waals surface area contributed by atoms with Crippen molar-refractivity contribution in [1.29, 1.82) is 0 Å². The Bertz CT molecular complexity index is 423. The molecule has 0 bridgehead atoms. The molecule has 0 spiro atoms. The summed E-state index contributed by atoms with van der Waals surface area (Å²) in [6, 6.07) is 1.69. The highest BCUT2D eigenvalue weighted by atomic mass is 19.1. The van der Waals surface area contributed by atoms with Crippen LogP contribution >= 0.6 is 0 Å². The summed E-state index contributed by atoms with van der Waals surface area (Å²) in [5, 5.41) is 11.6. The highest BCUT2D eigenvalue weighted by Gasteiger charge is 2.24. The molecule has 4 nitrogen and oxygen atoms in total. The van der Waals surface area contributed by atoms with E-state index in [0.29, 0.717) is 0 Å². The third kappa shape index (κ3) is 2.91. The summed E-state index contributed by atoms with van der Waals surface area (Å²) in [6.45, 7) is 0.0119. The normalized spacial score (nSPS) is 12.2. The summed E-state index contributed by atoms with van der Waals surface area (Å²) >= 11 is 0. The van der Waals surface area contributed by atoms with Crippen LogP contribution in [0.25, 0.3) is 0 Å². The van der Waals surface area contributed by atoms with Gasteiger partial charge < -0.3 is 15.2 Å². The van der Waals surface area contributed by atoms with Gasteiger partial charge in [0.15, 0.2) is 11.6 Å². The highest BCUT2D eigenvalue weighted by Crippen LogP contribution is 2.26. The molecule has 0 aliphatic carbocycles. The fraction of sp³-hybridized carbons (Fsp3) is 0.364. The van der Waals surface area contributed by atoms with Crippen LogP contribution in [0.3, 0.4) is 0 Å². The number of halogens is 2. The van der Waals surface area contributed by atoms with Crippen molar-refractivity contribution in [2.45, 2.75) is 5.92 Å². The first kappa shape index (κ1) is 13.4. The van der Waals surface area contributed by atoms with E-state index in [1.807, 2.05) is 0 Å². The van der Waals surface area contributed by atoms with Gasteiger partial charge in [-0.05, 0) is 13.1 Å². The topological polar surface area (TPSA) is 58.6 Å². The Kier molecular flexibility index (Phi) is 4.39. The molecule has 0 amide bonds. The quantitative estimate of drug-likeness (QED) is 0.822. The van der Waals surface area contributed by atoms with Crippen molar-refractivity contribution in [2.24, 2.45) is 0 Å². The van der Waals surface area contributed by atoms with Crippen molar-refractivity contribution in [3.8, 4) is 5.75 Å². The first-order chi connectivity index (χ1) is 8.01. The van der Waals surface area contributed by atoms with Gasteiger partial charge in [0.25, 0.3) is 0 Å². The molecule has 1 rings (SSSR count).